The molecule has 2 aromatic rings. The molecule has 1 fully saturated rings. The molecule has 2 aromatic carbocycles. The molecule has 4 rings (SSSR count). The highest BCUT2D eigenvalue weighted by molar-refractivity contribution is 6.01. The molecule has 27 heavy (non-hydrogen) atoms. The first-order valence-electron chi connectivity index (χ1n) is 10.5. The number of nitrogens with zero attached hydrogens (tertiary/aromatic N) is 1. The van der Waals surface area contributed by atoms with E-state index in [2.05, 4.69) is 73.0 Å². The predicted molar refractivity (Wildman–Crippen MR) is 114 cm³/mol. The maximum Gasteiger partial charge on any atom is 0.123 e. The van der Waals surface area contributed by atoms with Gasteiger partial charge < -0.3 is 5.32 Å². The Kier molecular flexibility index (Phi) is 5.58. The molecule has 0 spiro atoms. The van der Waals surface area contributed by atoms with E-state index < -0.39 is 0 Å². The third-order valence-electron chi connectivity index (χ3n) is 5.88. The smallest absolute Gasteiger partial charge is 0.123 e. The number of aliphatic imine (C=N–C) groups is 1. The van der Waals surface area contributed by atoms with Crippen LogP contribution in [0.15, 0.2) is 53.5 Å². The molecular weight excluding hydrogens is 330 g/mol. The maximum absolute atomic E-state index is 5.21. The van der Waals surface area contributed by atoms with Crippen LogP contribution in [0.2, 0.25) is 0 Å². The van der Waals surface area contributed by atoms with E-state index >= 15 is 0 Å². The van der Waals surface area contributed by atoms with Gasteiger partial charge in [-0.25, -0.2) is 0 Å². The van der Waals surface area contributed by atoms with E-state index in [4.69, 9.17) is 4.99 Å². The molecule has 2 aliphatic rings. The highest BCUT2D eigenvalue weighted by Gasteiger charge is 2.24. The van der Waals surface area contributed by atoms with Gasteiger partial charge in [0.05, 0.1) is 12.1 Å². The molecule has 1 aliphatic heterocycles. The summed E-state index contributed by atoms with van der Waals surface area (Å²) in [6.07, 6.45) is 6.39. The summed E-state index contributed by atoms with van der Waals surface area (Å²) >= 11 is 0. The van der Waals surface area contributed by atoms with Crippen LogP contribution in [-0.4, -0.2) is 11.9 Å². The number of fused-ring (bicyclic) bond motifs is 1. The Morgan fingerprint density at radius 1 is 0.926 bits per heavy atom. The summed E-state index contributed by atoms with van der Waals surface area (Å²) in [5.41, 5.74) is 5.15. The predicted octanol–water partition coefficient (Wildman–Crippen LogP) is 5.80. The molecule has 0 aromatic heterocycles. The Bertz CT molecular complexity index is 786. The summed E-state index contributed by atoms with van der Waals surface area (Å²) < 4.78 is 0. The normalized spacial score (nSPS) is 22.3. The lowest BCUT2D eigenvalue weighted by Crippen LogP contribution is -2.31. The first-order chi connectivity index (χ1) is 13.2. The second-order valence-corrected chi connectivity index (χ2v) is 8.22. The number of amidine groups is 1. The summed E-state index contributed by atoms with van der Waals surface area (Å²) in [7, 11) is 0. The molecule has 0 amide bonds. The number of anilines is 1. The van der Waals surface area contributed by atoms with Crippen molar-refractivity contribution in [3.05, 3.63) is 65.2 Å². The minimum absolute atomic E-state index is 0.112. The van der Waals surface area contributed by atoms with Crippen LogP contribution < -0.4 is 10.6 Å². The Morgan fingerprint density at radius 2 is 1.67 bits per heavy atom. The van der Waals surface area contributed by atoms with Gasteiger partial charge in [-0.2, -0.15) is 0 Å². The van der Waals surface area contributed by atoms with Crippen LogP contribution in [0, 0.1) is 0 Å². The molecule has 1 aliphatic carbocycles. The summed E-state index contributed by atoms with van der Waals surface area (Å²) in [5.74, 6) is 1.63. The van der Waals surface area contributed by atoms with Gasteiger partial charge in [0.25, 0.3) is 0 Å². The fraction of sp³-hybridized carbons (Fsp3) is 0.458. The van der Waals surface area contributed by atoms with Crippen molar-refractivity contribution < 1.29 is 0 Å². The van der Waals surface area contributed by atoms with Gasteiger partial charge in [-0.15, -0.1) is 0 Å². The van der Waals surface area contributed by atoms with Crippen LogP contribution in [0.3, 0.4) is 0 Å². The third kappa shape index (κ3) is 4.24. The van der Waals surface area contributed by atoms with Gasteiger partial charge in [0.2, 0.25) is 0 Å². The van der Waals surface area contributed by atoms with Gasteiger partial charge in [-0.1, -0.05) is 75.6 Å². The van der Waals surface area contributed by atoms with E-state index in [9.17, 15) is 0 Å². The molecular formula is C24H31N3. The lowest BCUT2D eigenvalue weighted by Gasteiger charge is -2.24. The van der Waals surface area contributed by atoms with Gasteiger partial charge in [0.15, 0.2) is 0 Å². The first-order valence-corrected chi connectivity index (χ1v) is 10.5. The third-order valence-corrected chi connectivity index (χ3v) is 5.88. The van der Waals surface area contributed by atoms with Crippen LogP contribution in [0.25, 0.3) is 0 Å². The zero-order chi connectivity index (χ0) is 18.6. The molecule has 1 heterocycles. The fourth-order valence-corrected chi connectivity index (χ4v) is 4.18. The molecule has 0 radical (unpaired) electrons. The summed E-state index contributed by atoms with van der Waals surface area (Å²) in [5, 5.41) is 7.43. The molecule has 1 saturated carbocycles. The minimum Gasteiger partial charge on any atom is -0.342 e. The van der Waals surface area contributed by atoms with Crippen molar-refractivity contribution in [1.82, 2.24) is 5.32 Å². The van der Waals surface area contributed by atoms with Crippen molar-refractivity contribution in [1.29, 1.82) is 0 Å². The van der Waals surface area contributed by atoms with Crippen molar-refractivity contribution in [3.63, 3.8) is 0 Å². The molecule has 0 saturated heterocycles. The van der Waals surface area contributed by atoms with E-state index in [1.807, 2.05) is 0 Å². The number of rotatable bonds is 3. The average molecular weight is 362 g/mol. The van der Waals surface area contributed by atoms with Crippen LogP contribution in [0.1, 0.15) is 74.6 Å². The molecule has 2 N–H and O–H groups in total. The maximum atomic E-state index is 5.21. The summed E-state index contributed by atoms with van der Waals surface area (Å²) in [6.45, 7) is 5.34. The van der Waals surface area contributed by atoms with Crippen molar-refractivity contribution >= 4 is 11.5 Å². The highest BCUT2D eigenvalue weighted by atomic mass is 15.1. The summed E-state index contributed by atoms with van der Waals surface area (Å²) in [4.78, 5) is 5.21. The molecule has 3 heteroatoms. The Morgan fingerprint density at radius 3 is 2.41 bits per heavy atom. The molecule has 0 unspecified atom stereocenters. The van der Waals surface area contributed by atoms with Gasteiger partial charge in [0, 0.05) is 12.2 Å². The number of nitrogens with one attached hydrogen (secondary N) is 2. The second-order valence-electron chi connectivity index (χ2n) is 8.22. The van der Waals surface area contributed by atoms with Crippen molar-refractivity contribution in [2.75, 3.05) is 5.32 Å². The van der Waals surface area contributed by atoms with Gasteiger partial charge >= 0.3 is 0 Å². The van der Waals surface area contributed by atoms with Crippen LogP contribution in [0.4, 0.5) is 5.69 Å². The zero-order valence-corrected chi connectivity index (χ0v) is 16.5. The second kappa shape index (κ2) is 8.26. The Labute approximate surface area is 163 Å². The Hall–Kier alpha value is -2.13. The molecule has 3 nitrogen and oxygen atoms in total. The van der Waals surface area contributed by atoms with Crippen LogP contribution in [-0.2, 0) is 6.54 Å². The first kappa shape index (κ1) is 18.2. The minimum atomic E-state index is 0.112. The van der Waals surface area contributed by atoms with Crippen LogP contribution in [0.5, 0.6) is 0 Å². The summed E-state index contributed by atoms with van der Waals surface area (Å²) in [6, 6.07) is 18.2. The number of para-hydroxylation sites is 1. The lowest BCUT2D eigenvalue weighted by atomic mass is 9.95. The topological polar surface area (TPSA) is 36.4 Å². The standard InChI is InChI=1S/C24H31N3/c1-17(2)18-12-14-19(15-13-18)23-24(26-21-9-4-3-5-10-21)27-22-11-7-6-8-20(22)16-25-23/h6-8,11-15,17,21,23,25H,3-5,9-10,16H2,1-2H3,(H,26,27)/t23-/m0/s1. The van der Waals surface area contributed by atoms with Gasteiger partial charge in [-0.05, 0) is 41.5 Å². The SMILES string of the molecule is CC(C)c1ccc([C@@H]2NCc3ccccc3NC2=NC2CCCCC2)cc1. The fourth-order valence-electron chi connectivity index (χ4n) is 4.18. The Balaban J connectivity index is 1.67. The van der Waals surface area contributed by atoms with E-state index in [0.717, 1.165) is 12.4 Å². The quantitative estimate of drug-likeness (QED) is 0.725. The molecule has 0 bridgehead atoms. The van der Waals surface area contributed by atoms with E-state index in [0.29, 0.717) is 12.0 Å². The highest BCUT2D eigenvalue weighted by Crippen LogP contribution is 2.28. The monoisotopic (exact) mass is 361 g/mol. The van der Waals surface area contributed by atoms with Crippen LogP contribution >= 0.6 is 0 Å². The zero-order valence-electron chi connectivity index (χ0n) is 16.5. The van der Waals surface area contributed by atoms with E-state index in [1.165, 1.54) is 54.5 Å². The number of benzene rings is 2. The van der Waals surface area contributed by atoms with E-state index in [-0.39, 0.29) is 6.04 Å². The largest absolute Gasteiger partial charge is 0.342 e. The lowest BCUT2D eigenvalue weighted by molar-refractivity contribution is 0.441. The van der Waals surface area contributed by atoms with E-state index in [1.54, 1.807) is 0 Å². The van der Waals surface area contributed by atoms with Gasteiger partial charge in [0.1, 0.15) is 5.84 Å². The van der Waals surface area contributed by atoms with Crippen molar-refractivity contribution in [3.8, 4) is 0 Å². The molecule has 1 atom stereocenters. The molecule has 142 valence electrons. The number of hydrogen-bond donors (Lipinski definition) is 2. The van der Waals surface area contributed by atoms with Gasteiger partial charge in [-0.3, -0.25) is 10.3 Å². The van der Waals surface area contributed by atoms with Crippen molar-refractivity contribution in [2.24, 2.45) is 4.99 Å². The van der Waals surface area contributed by atoms with Crippen molar-refractivity contribution in [2.45, 2.75) is 70.5 Å². The average Bonchev–Trinajstić information content (AvgIpc) is 2.88. The number of hydrogen-bond acceptors (Lipinski definition) is 2.